The number of fused-ring (bicyclic) bond motifs is 1. The van der Waals surface area contributed by atoms with Gasteiger partial charge in [-0.1, -0.05) is 43.4 Å². The summed E-state index contributed by atoms with van der Waals surface area (Å²) in [4.78, 5) is 17.8. The van der Waals surface area contributed by atoms with E-state index in [1.807, 2.05) is 18.2 Å². The molecule has 0 aliphatic carbocycles. The first kappa shape index (κ1) is 17.1. The molecule has 3 rings (SSSR count). The Morgan fingerprint density at radius 2 is 2.00 bits per heavy atom. The van der Waals surface area contributed by atoms with Crippen LogP contribution in [0.2, 0.25) is 0 Å². The molecule has 1 amide bonds. The van der Waals surface area contributed by atoms with E-state index in [1.165, 1.54) is 10.3 Å². The summed E-state index contributed by atoms with van der Waals surface area (Å²) in [6, 6.07) is 13.9. The van der Waals surface area contributed by atoms with E-state index in [-0.39, 0.29) is 5.91 Å². The van der Waals surface area contributed by atoms with Gasteiger partial charge in [-0.05, 0) is 58.6 Å². The van der Waals surface area contributed by atoms with Crippen LogP contribution < -0.4 is 4.80 Å². The molecule has 3 nitrogen and oxygen atoms in total. The van der Waals surface area contributed by atoms with Crippen molar-refractivity contribution in [1.82, 2.24) is 4.57 Å². The second-order valence-electron chi connectivity index (χ2n) is 5.59. The highest BCUT2D eigenvalue weighted by Gasteiger charge is 2.11. The van der Waals surface area contributed by atoms with Gasteiger partial charge in [0.25, 0.3) is 5.91 Å². The minimum absolute atomic E-state index is 0.213. The van der Waals surface area contributed by atoms with E-state index in [9.17, 15) is 4.79 Å². The summed E-state index contributed by atoms with van der Waals surface area (Å²) in [7, 11) is 0. The van der Waals surface area contributed by atoms with Crippen LogP contribution in [0.4, 0.5) is 0 Å². The maximum absolute atomic E-state index is 12.6. The van der Waals surface area contributed by atoms with Gasteiger partial charge in [-0.15, -0.1) is 0 Å². The molecule has 1 aromatic heterocycles. The van der Waals surface area contributed by atoms with Gasteiger partial charge in [0.15, 0.2) is 4.80 Å². The minimum Gasteiger partial charge on any atom is -0.316 e. The number of rotatable bonds is 4. The molecule has 0 aliphatic heterocycles. The molecule has 0 atom stereocenters. The average molecular weight is 403 g/mol. The van der Waals surface area contributed by atoms with Crippen molar-refractivity contribution in [3.05, 3.63) is 62.9 Å². The van der Waals surface area contributed by atoms with Crippen molar-refractivity contribution in [2.75, 3.05) is 0 Å². The van der Waals surface area contributed by atoms with Gasteiger partial charge in [-0.2, -0.15) is 4.99 Å². The summed E-state index contributed by atoms with van der Waals surface area (Å²) in [5.74, 6) is -0.213. The first-order valence-electron chi connectivity index (χ1n) is 8.10. The van der Waals surface area contributed by atoms with Crippen molar-refractivity contribution in [3.63, 3.8) is 0 Å². The second-order valence-corrected chi connectivity index (χ2v) is 7.45. The van der Waals surface area contributed by atoms with Gasteiger partial charge >= 0.3 is 0 Å². The van der Waals surface area contributed by atoms with Crippen LogP contribution in [-0.2, 0) is 13.0 Å². The molecule has 0 bridgehead atoms. The van der Waals surface area contributed by atoms with Crippen LogP contribution in [-0.4, -0.2) is 10.5 Å². The number of nitrogens with zero attached hydrogens (tertiary/aromatic N) is 2. The van der Waals surface area contributed by atoms with Gasteiger partial charge in [0.2, 0.25) is 0 Å². The van der Waals surface area contributed by atoms with Gasteiger partial charge in [-0.3, -0.25) is 4.79 Å². The number of carbonyl (C=O) groups excluding carboxylic acids is 1. The zero-order valence-corrected chi connectivity index (χ0v) is 16.2. The molecule has 0 fully saturated rings. The van der Waals surface area contributed by atoms with Crippen LogP contribution in [0.5, 0.6) is 0 Å². The first-order valence-corrected chi connectivity index (χ1v) is 9.70. The Balaban J connectivity index is 2.15. The molecule has 0 unspecified atom stereocenters. The normalized spacial score (nSPS) is 12.0. The van der Waals surface area contributed by atoms with E-state index < -0.39 is 0 Å². The van der Waals surface area contributed by atoms with Crippen LogP contribution in [0.3, 0.4) is 0 Å². The third-order valence-corrected chi connectivity index (χ3v) is 5.64. The largest absolute Gasteiger partial charge is 0.316 e. The fourth-order valence-electron chi connectivity index (χ4n) is 2.64. The van der Waals surface area contributed by atoms with Crippen molar-refractivity contribution in [1.29, 1.82) is 0 Å². The van der Waals surface area contributed by atoms with Gasteiger partial charge in [0, 0.05) is 11.0 Å². The Bertz CT molecular complexity index is 955. The predicted octanol–water partition coefficient (Wildman–Crippen LogP) is 5.18. The molecule has 2 aromatic carbocycles. The number of aryl methyl sites for hydroxylation is 2. The van der Waals surface area contributed by atoms with Crippen LogP contribution in [0.1, 0.15) is 36.2 Å². The number of hydrogen-bond donors (Lipinski definition) is 0. The highest BCUT2D eigenvalue weighted by molar-refractivity contribution is 9.10. The van der Waals surface area contributed by atoms with E-state index in [0.717, 1.165) is 34.2 Å². The zero-order chi connectivity index (χ0) is 17.1. The Morgan fingerprint density at radius 1 is 1.21 bits per heavy atom. The van der Waals surface area contributed by atoms with Gasteiger partial charge < -0.3 is 4.57 Å². The van der Waals surface area contributed by atoms with Gasteiger partial charge in [0.1, 0.15) is 0 Å². The molecule has 1 heterocycles. The molecule has 124 valence electrons. The zero-order valence-electron chi connectivity index (χ0n) is 13.8. The van der Waals surface area contributed by atoms with Crippen LogP contribution >= 0.6 is 27.3 Å². The Hall–Kier alpha value is -1.72. The standard InChI is InChI=1S/C19H19BrN2OS/c1-3-11-22-16-10-9-13(4-2)12-17(16)24-19(22)21-18(23)14-7-5-6-8-15(14)20/h5-10,12H,3-4,11H2,1-2H3. The third kappa shape index (κ3) is 3.37. The Kier molecular flexibility index (Phi) is 5.31. The number of benzene rings is 2. The second kappa shape index (κ2) is 7.45. The van der Waals surface area contributed by atoms with Crippen LogP contribution in [0.25, 0.3) is 10.2 Å². The molecule has 24 heavy (non-hydrogen) atoms. The maximum Gasteiger partial charge on any atom is 0.280 e. The summed E-state index contributed by atoms with van der Waals surface area (Å²) >= 11 is 5.01. The summed E-state index contributed by atoms with van der Waals surface area (Å²) in [6.45, 7) is 5.14. The minimum atomic E-state index is -0.213. The number of carbonyl (C=O) groups is 1. The van der Waals surface area contributed by atoms with Crippen molar-refractivity contribution >= 4 is 43.4 Å². The summed E-state index contributed by atoms with van der Waals surface area (Å²) in [5.41, 5.74) is 3.04. The van der Waals surface area contributed by atoms with Crippen molar-refractivity contribution < 1.29 is 4.79 Å². The lowest BCUT2D eigenvalue weighted by atomic mass is 10.2. The summed E-state index contributed by atoms with van der Waals surface area (Å²) in [5, 5.41) is 0. The van der Waals surface area contributed by atoms with Gasteiger partial charge in [-0.25, -0.2) is 0 Å². The molecule has 3 aromatic rings. The fraction of sp³-hybridized carbons (Fsp3) is 0.263. The summed E-state index contributed by atoms with van der Waals surface area (Å²) < 4.78 is 4.10. The van der Waals surface area contributed by atoms with E-state index in [1.54, 1.807) is 17.4 Å². The monoisotopic (exact) mass is 402 g/mol. The Labute approximate surface area is 153 Å². The highest BCUT2D eigenvalue weighted by Crippen LogP contribution is 2.21. The predicted molar refractivity (Wildman–Crippen MR) is 104 cm³/mol. The van der Waals surface area contributed by atoms with E-state index in [0.29, 0.717) is 5.56 Å². The van der Waals surface area contributed by atoms with E-state index >= 15 is 0 Å². The molecule has 0 spiro atoms. The number of amides is 1. The highest BCUT2D eigenvalue weighted by atomic mass is 79.9. The van der Waals surface area contributed by atoms with Gasteiger partial charge in [0.05, 0.1) is 15.8 Å². The van der Waals surface area contributed by atoms with Crippen molar-refractivity contribution in [3.8, 4) is 0 Å². The van der Waals surface area contributed by atoms with E-state index in [2.05, 4.69) is 57.5 Å². The van der Waals surface area contributed by atoms with Crippen molar-refractivity contribution in [2.24, 2.45) is 4.99 Å². The van der Waals surface area contributed by atoms with E-state index in [4.69, 9.17) is 0 Å². The number of halogens is 1. The molecular weight excluding hydrogens is 384 g/mol. The molecular formula is C19H19BrN2OS. The molecule has 5 heteroatoms. The lowest BCUT2D eigenvalue weighted by Gasteiger charge is -2.03. The average Bonchev–Trinajstić information content (AvgIpc) is 2.92. The smallest absolute Gasteiger partial charge is 0.280 e. The Morgan fingerprint density at radius 3 is 2.71 bits per heavy atom. The quantitative estimate of drug-likeness (QED) is 0.591. The lowest BCUT2D eigenvalue weighted by molar-refractivity contribution is 0.0997. The van der Waals surface area contributed by atoms with Crippen molar-refractivity contribution in [2.45, 2.75) is 33.2 Å². The molecule has 0 saturated carbocycles. The molecule has 0 aliphatic rings. The molecule has 0 saturated heterocycles. The summed E-state index contributed by atoms with van der Waals surface area (Å²) in [6.07, 6.45) is 2.00. The van der Waals surface area contributed by atoms with Crippen LogP contribution in [0.15, 0.2) is 51.9 Å². The first-order chi connectivity index (χ1) is 11.6. The maximum atomic E-state index is 12.6. The fourth-order valence-corrected chi connectivity index (χ4v) is 4.22. The van der Waals surface area contributed by atoms with Crippen LogP contribution in [0, 0.1) is 0 Å². The molecule has 0 radical (unpaired) electrons. The number of aromatic nitrogens is 1. The third-order valence-electron chi connectivity index (χ3n) is 3.90. The topological polar surface area (TPSA) is 34.4 Å². The SMILES string of the molecule is CCCn1c(=NC(=O)c2ccccc2Br)sc2cc(CC)ccc21. The molecule has 0 N–H and O–H groups in total. The number of thiazole rings is 1. The lowest BCUT2D eigenvalue weighted by Crippen LogP contribution is -2.17. The number of hydrogen-bond acceptors (Lipinski definition) is 2.